The lowest BCUT2D eigenvalue weighted by Gasteiger charge is -2.06. The van der Waals surface area contributed by atoms with Crippen LogP contribution >= 0.6 is 22.6 Å². The van der Waals surface area contributed by atoms with E-state index in [4.69, 9.17) is 0 Å². The number of carbonyl (C=O) groups is 1. The van der Waals surface area contributed by atoms with Gasteiger partial charge in [-0.1, -0.05) is 12.1 Å². The first-order valence-corrected chi connectivity index (χ1v) is 7.65. The van der Waals surface area contributed by atoms with Crippen LogP contribution in [-0.2, 0) is 6.54 Å². The highest BCUT2D eigenvalue weighted by atomic mass is 127. The molecule has 0 radical (unpaired) electrons. The smallest absolute Gasteiger partial charge is 0.270 e. The molecule has 0 spiro atoms. The summed E-state index contributed by atoms with van der Waals surface area (Å²) in [6.07, 6.45) is 7.00. The Kier molecular flexibility index (Phi) is 4.42. The first-order valence-electron chi connectivity index (χ1n) is 6.57. The normalized spacial score (nSPS) is 10.4. The van der Waals surface area contributed by atoms with Crippen LogP contribution in [0.3, 0.4) is 0 Å². The summed E-state index contributed by atoms with van der Waals surface area (Å²) >= 11 is 2.17. The SMILES string of the molecule is O=C(NCc1cccnc1)c1cccc(-n2cc(I)cn2)n1. The van der Waals surface area contributed by atoms with Crippen LogP contribution in [0.1, 0.15) is 16.1 Å². The zero-order chi connectivity index (χ0) is 15.4. The van der Waals surface area contributed by atoms with Gasteiger partial charge in [-0.15, -0.1) is 0 Å². The highest BCUT2D eigenvalue weighted by Crippen LogP contribution is 2.08. The lowest BCUT2D eigenvalue weighted by molar-refractivity contribution is 0.0946. The zero-order valence-electron chi connectivity index (χ0n) is 11.5. The highest BCUT2D eigenvalue weighted by Gasteiger charge is 2.09. The van der Waals surface area contributed by atoms with Crippen molar-refractivity contribution in [1.29, 1.82) is 0 Å². The molecule has 7 heteroatoms. The lowest BCUT2D eigenvalue weighted by Crippen LogP contribution is -2.24. The first kappa shape index (κ1) is 14.6. The summed E-state index contributed by atoms with van der Waals surface area (Å²) < 4.78 is 2.64. The van der Waals surface area contributed by atoms with Gasteiger partial charge in [-0.05, 0) is 46.4 Å². The molecular formula is C15H12IN5O. The Morgan fingerprint density at radius 1 is 1.23 bits per heavy atom. The minimum Gasteiger partial charge on any atom is -0.347 e. The Morgan fingerprint density at radius 2 is 2.14 bits per heavy atom. The van der Waals surface area contributed by atoms with E-state index >= 15 is 0 Å². The van der Waals surface area contributed by atoms with Crippen LogP contribution in [0.4, 0.5) is 0 Å². The Balaban J connectivity index is 1.73. The number of rotatable bonds is 4. The van der Waals surface area contributed by atoms with Crippen LogP contribution in [0, 0.1) is 3.57 Å². The fraction of sp³-hybridized carbons (Fsp3) is 0.0667. The number of nitrogens with zero attached hydrogens (tertiary/aromatic N) is 4. The molecule has 0 fully saturated rings. The molecule has 0 bridgehead atoms. The summed E-state index contributed by atoms with van der Waals surface area (Å²) in [6.45, 7) is 0.415. The summed E-state index contributed by atoms with van der Waals surface area (Å²) in [4.78, 5) is 20.5. The number of aromatic nitrogens is 4. The predicted octanol–water partition coefficient (Wildman–Crippen LogP) is 2.20. The molecule has 0 aliphatic rings. The highest BCUT2D eigenvalue weighted by molar-refractivity contribution is 14.1. The van der Waals surface area contributed by atoms with E-state index in [1.807, 2.05) is 18.3 Å². The summed E-state index contributed by atoms with van der Waals surface area (Å²) in [5, 5.41) is 7.01. The molecule has 0 unspecified atom stereocenters. The zero-order valence-corrected chi connectivity index (χ0v) is 13.6. The van der Waals surface area contributed by atoms with Crippen molar-refractivity contribution in [3.05, 3.63) is 69.9 Å². The van der Waals surface area contributed by atoms with Crippen LogP contribution in [0.25, 0.3) is 5.82 Å². The van der Waals surface area contributed by atoms with Gasteiger partial charge < -0.3 is 5.32 Å². The Labute approximate surface area is 140 Å². The molecule has 3 heterocycles. The maximum Gasteiger partial charge on any atom is 0.270 e. The minimum absolute atomic E-state index is 0.229. The van der Waals surface area contributed by atoms with E-state index < -0.39 is 0 Å². The molecule has 0 aromatic carbocycles. The molecule has 110 valence electrons. The van der Waals surface area contributed by atoms with E-state index in [1.54, 1.807) is 41.5 Å². The van der Waals surface area contributed by atoms with Crippen molar-refractivity contribution in [1.82, 2.24) is 25.1 Å². The lowest BCUT2D eigenvalue weighted by atomic mass is 10.2. The average Bonchev–Trinajstić information content (AvgIpc) is 3.00. The third-order valence-corrected chi connectivity index (χ3v) is 3.49. The second kappa shape index (κ2) is 6.65. The predicted molar refractivity (Wildman–Crippen MR) is 89.5 cm³/mol. The summed E-state index contributed by atoms with van der Waals surface area (Å²) in [5.74, 6) is 0.379. The van der Waals surface area contributed by atoms with Crippen molar-refractivity contribution >= 4 is 28.5 Å². The van der Waals surface area contributed by atoms with Crippen LogP contribution in [0.15, 0.2) is 55.1 Å². The van der Waals surface area contributed by atoms with Gasteiger partial charge in [0, 0.05) is 25.1 Å². The van der Waals surface area contributed by atoms with Gasteiger partial charge in [0.25, 0.3) is 5.91 Å². The molecule has 6 nitrogen and oxygen atoms in total. The Morgan fingerprint density at radius 3 is 2.86 bits per heavy atom. The van der Waals surface area contributed by atoms with Gasteiger partial charge >= 0.3 is 0 Å². The number of hydrogen-bond acceptors (Lipinski definition) is 4. The van der Waals surface area contributed by atoms with Gasteiger partial charge in [-0.25, -0.2) is 9.67 Å². The van der Waals surface area contributed by atoms with E-state index in [2.05, 4.69) is 43.0 Å². The maximum absolute atomic E-state index is 12.2. The summed E-state index contributed by atoms with van der Waals surface area (Å²) in [5.41, 5.74) is 1.29. The van der Waals surface area contributed by atoms with Gasteiger partial charge in [0.1, 0.15) is 5.69 Å². The van der Waals surface area contributed by atoms with Crippen molar-refractivity contribution in [3.8, 4) is 5.82 Å². The van der Waals surface area contributed by atoms with Crippen molar-refractivity contribution in [2.45, 2.75) is 6.54 Å². The molecule has 0 atom stereocenters. The van der Waals surface area contributed by atoms with Crippen molar-refractivity contribution < 1.29 is 4.79 Å². The van der Waals surface area contributed by atoms with E-state index in [-0.39, 0.29) is 5.91 Å². The second-order valence-corrected chi connectivity index (χ2v) is 5.77. The quantitative estimate of drug-likeness (QED) is 0.676. The first-order chi connectivity index (χ1) is 10.7. The fourth-order valence-electron chi connectivity index (χ4n) is 1.88. The van der Waals surface area contributed by atoms with E-state index in [9.17, 15) is 4.79 Å². The number of halogens is 1. The third kappa shape index (κ3) is 3.48. The van der Waals surface area contributed by atoms with Crippen LogP contribution in [-0.4, -0.2) is 25.7 Å². The molecule has 22 heavy (non-hydrogen) atoms. The molecule has 1 amide bonds. The van der Waals surface area contributed by atoms with Gasteiger partial charge in [-0.2, -0.15) is 5.10 Å². The van der Waals surface area contributed by atoms with Gasteiger partial charge in [0.2, 0.25) is 0 Å². The third-order valence-electron chi connectivity index (χ3n) is 2.93. The minimum atomic E-state index is -0.229. The fourth-order valence-corrected chi connectivity index (χ4v) is 2.27. The van der Waals surface area contributed by atoms with Crippen molar-refractivity contribution in [2.24, 2.45) is 0 Å². The molecule has 0 aliphatic carbocycles. The molecule has 3 rings (SSSR count). The van der Waals surface area contributed by atoms with E-state index in [0.29, 0.717) is 18.1 Å². The maximum atomic E-state index is 12.2. The molecule has 3 aromatic rings. The Hall–Kier alpha value is -2.29. The van der Waals surface area contributed by atoms with Gasteiger partial charge in [0.05, 0.1) is 9.77 Å². The number of pyridine rings is 2. The average molecular weight is 405 g/mol. The van der Waals surface area contributed by atoms with Crippen molar-refractivity contribution in [2.75, 3.05) is 0 Å². The van der Waals surface area contributed by atoms with Crippen LogP contribution < -0.4 is 5.32 Å². The van der Waals surface area contributed by atoms with E-state index in [1.165, 1.54) is 0 Å². The molecular weight excluding hydrogens is 393 g/mol. The topological polar surface area (TPSA) is 72.7 Å². The summed E-state index contributed by atoms with van der Waals surface area (Å²) in [6, 6.07) is 9.01. The van der Waals surface area contributed by atoms with Gasteiger partial charge in [0.15, 0.2) is 5.82 Å². The Bertz CT molecular complexity index is 787. The van der Waals surface area contributed by atoms with E-state index in [0.717, 1.165) is 9.13 Å². The molecule has 0 saturated heterocycles. The number of carbonyl (C=O) groups excluding carboxylic acids is 1. The largest absolute Gasteiger partial charge is 0.347 e. The standard InChI is InChI=1S/C15H12IN5O/c16-12-9-19-21(10-12)14-5-1-4-13(20-14)15(22)18-8-11-3-2-6-17-7-11/h1-7,9-10H,8H2,(H,18,22). The van der Waals surface area contributed by atoms with Crippen molar-refractivity contribution in [3.63, 3.8) is 0 Å². The monoisotopic (exact) mass is 405 g/mol. The molecule has 1 N–H and O–H groups in total. The van der Waals surface area contributed by atoms with Crippen LogP contribution in [0.5, 0.6) is 0 Å². The molecule has 0 saturated carbocycles. The van der Waals surface area contributed by atoms with Crippen LogP contribution in [0.2, 0.25) is 0 Å². The molecule has 3 aromatic heterocycles. The number of amides is 1. The molecule has 0 aliphatic heterocycles. The van der Waals surface area contributed by atoms with Gasteiger partial charge in [-0.3, -0.25) is 9.78 Å². The number of hydrogen-bond donors (Lipinski definition) is 1. The second-order valence-electron chi connectivity index (χ2n) is 4.53. The number of nitrogens with one attached hydrogen (secondary N) is 1. The summed E-state index contributed by atoms with van der Waals surface area (Å²) in [7, 11) is 0.